The molecule has 2 aliphatic heterocycles. The van der Waals surface area contributed by atoms with E-state index in [0.29, 0.717) is 43.3 Å². The zero-order valence-corrected chi connectivity index (χ0v) is 16.7. The molecule has 0 aliphatic carbocycles. The number of nitrogens with one attached hydrogen (secondary N) is 1. The number of carbonyl (C=O) groups is 1. The molecule has 2 fully saturated rings. The molecule has 28 heavy (non-hydrogen) atoms. The summed E-state index contributed by atoms with van der Waals surface area (Å²) in [7, 11) is -3.43. The van der Waals surface area contributed by atoms with Crippen LogP contribution in [-0.4, -0.2) is 71.8 Å². The van der Waals surface area contributed by atoms with Crippen LogP contribution in [-0.2, 0) is 9.84 Å². The van der Waals surface area contributed by atoms with Gasteiger partial charge in [0.2, 0.25) is 5.95 Å². The van der Waals surface area contributed by atoms with E-state index >= 15 is 0 Å². The molecule has 0 spiro atoms. The molecule has 2 aromatic rings. The van der Waals surface area contributed by atoms with Crippen molar-refractivity contribution in [2.24, 2.45) is 0 Å². The molecular formula is C18H24N6O3S. The van der Waals surface area contributed by atoms with E-state index in [1.807, 2.05) is 0 Å². The monoisotopic (exact) mass is 404 g/mol. The third kappa shape index (κ3) is 3.73. The van der Waals surface area contributed by atoms with Crippen LogP contribution in [0.25, 0.3) is 0 Å². The van der Waals surface area contributed by atoms with Gasteiger partial charge < -0.3 is 9.80 Å². The zero-order chi connectivity index (χ0) is 19.7. The van der Waals surface area contributed by atoms with Crippen LogP contribution in [0.5, 0.6) is 0 Å². The number of hydrogen-bond acceptors (Lipinski definition) is 7. The Morgan fingerprint density at radius 3 is 2.50 bits per heavy atom. The van der Waals surface area contributed by atoms with E-state index in [2.05, 4.69) is 25.1 Å². The van der Waals surface area contributed by atoms with E-state index in [0.717, 1.165) is 25.9 Å². The molecule has 0 radical (unpaired) electrons. The summed E-state index contributed by atoms with van der Waals surface area (Å²) in [5, 5.41) is 6.52. The lowest BCUT2D eigenvalue weighted by atomic mass is 9.93. The Bertz CT molecular complexity index is 946. The molecule has 150 valence electrons. The highest BCUT2D eigenvalue weighted by Crippen LogP contribution is 2.32. The van der Waals surface area contributed by atoms with Crippen LogP contribution in [0.15, 0.2) is 23.4 Å². The third-order valence-corrected chi connectivity index (χ3v) is 6.57. The van der Waals surface area contributed by atoms with Crippen LogP contribution in [0.1, 0.15) is 47.8 Å². The number of sulfone groups is 1. The van der Waals surface area contributed by atoms with E-state index in [4.69, 9.17) is 0 Å². The topological polar surface area (TPSA) is 112 Å². The number of anilines is 1. The molecule has 0 bridgehead atoms. The standard InChI is InChI=1S/C18H24N6O3S/c1-28(26,27)15-12-19-18(24-8-2-3-9-24)21-16(15)13-5-10-23(11-6-13)17(25)14-4-7-20-22-14/h4,7,12-13H,2-3,5-6,8-11H2,1H3,(H,20,22). The van der Waals surface area contributed by atoms with Gasteiger partial charge >= 0.3 is 0 Å². The minimum atomic E-state index is -3.43. The van der Waals surface area contributed by atoms with Crippen LogP contribution in [0, 0.1) is 0 Å². The van der Waals surface area contributed by atoms with Gasteiger partial charge in [-0.1, -0.05) is 0 Å². The number of nitrogens with zero attached hydrogens (tertiary/aromatic N) is 5. The predicted molar refractivity (Wildman–Crippen MR) is 103 cm³/mol. The normalized spacial score (nSPS) is 18.6. The summed E-state index contributed by atoms with van der Waals surface area (Å²) in [5.74, 6) is 0.510. The molecule has 0 atom stereocenters. The summed E-state index contributed by atoms with van der Waals surface area (Å²) in [6, 6.07) is 1.66. The minimum absolute atomic E-state index is 0.0140. The first-order valence-corrected chi connectivity index (χ1v) is 11.4. The lowest BCUT2D eigenvalue weighted by molar-refractivity contribution is 0.0705. The SMILES string of the molecule is CS(=O)(=O)c1cnc(N2CCCC2)nc1C1CCN(C(=O)c2ccn[nH]2)CC1. The fraction of sp³-hybridized carbons (Fsp3) is 0.556. The molecule has 0 saturated carbocycles. The van der Waals surface area contributed by atoms with Crippen LogP contribution in [0.4, 0.5) is 5.95 Å². The van der Waals surface area contributed by atoms with Crippen LogP contribution in [0.2, 0.25) is 0 Å². The van der Waals surface area contributed by atoms with Crippen molar-refractivity contribution in [3.8, 4) is 0 Å². The van der Waals surface area contributed by atoms with Crippen molar-refractivity contribution in [3.05, 3.63) is 29.8 Å². The smallest absolute Gasteiger partial charge is 0.271 e. The van der Waals surface area contributed by atoms with Crippen molar-refractivity contribution in [2.75, 3.05) is 37.3 Å². The number of hydrogen-bond donors (Lipinski definition) is 1. The van der Waals surface area contributed by atoms with Crippen LogP contribution in [0.3, 0.4) is 0 Å². The van der Waals surface area contributed by atoms with Crippen molar-refractivity contribution >= 4 is 21.7 Å². The lowest BCUT2D eigenvalue weighted by Gasteiger charge is -2.32. The summed E-state index contributed by atoms with van der Waals surface area (Å²) in [6.45, 7) is 2.90. The van der Waals surface area contributed by atoms with Gasteiger partial charge in [0, 0.05) is 44.5 Å². The van der Waals surface area contributed by atoms with Gasteiger partial charge in [0.25, 0.3) is 5.91 Å². The molecule has 1 N–H and O–H groups in total. The van der Waals surface area contributed by atoms with Gasteiger partial charge in [0.05, 0.1) is 11.9 Å². The van der Waals surface area contributed by atoms with E-state index in [1.54, 1.807) is 17.2 Å². The summed E-state index contributed by atoms with van der Waals surface area (Å²) in [5.41, 5.74) is 1.06. The summed E-state index contributed by atoms with van der Waals surface area (Å²) < 4.78 is 24.6. The van der Waals surface area contributed by atoms with Crippen LogP contribution < -0.4 is 4.90 Å². The Balaban J connectivity index is 1.56. The van der Waals surface area contributed by atoms with Gasteiger partial charge in [-0.3, -0.25) is 9.89 Å². The quantitative estimate of drug-likeness (QED) is 0.815. The first kappa shape index (κ1) is 18.9. The number of aromatic amines is 1. The number of aromatic nitrogens is 4. The lowest BCUT2D eigenvalue weighted by Crippen LogP contribution is -2.38. The average molecular weight is 404 g/mol. The maximum absolute atomic E-state index is 12.5. The molecule has 4 heterocycles. The molecule has 2 aliphatic rings. The Hall–Kier alpha value is -2.49. The highest BCUT2D eigenvalue weighted by molar-refractivity contribution is 7.90. The second-order valence-electron chi connectivity index (χ2n) is 7.42. The number of piperidine rings is 1. The summed E-state index contributed by atoms with van der Waals surface area (Å²) in [6.07, 6.45) is 7.73. The van der Waals surface area contributed by atoms with Gasteiger partial charge in [0.1, 0.15) is 10.6 Å². The third-order valence-electron chi connectivity index (χ3n) is 5.46. The van der Waals surface area contributed by atoms with Gasteiger partial charge in [-0.15, -0.1) is 0 Å². The predicted octanol–water partition coefficient (Wildman–Crippen LogP) is 1.22. The first-order valence-electron chi connectivity index (χ1n) is 9.54. The highest BCUT2D eigenvalue weighted by atomic mass is 32.2. The van der Waals surface area contributed by atoms with E-state index in [9.17, 15) is 13.2 Å². The van der Waals surface area contributed by atoms with E-state index < -0.39 is 9.84 Å². The van der Waals surface area contributed by atoms with Gasteiger partial charge in [-0.2, -0.15) is 5.10 Å². The Morgan fingerprint density at radius 1 is 1.18 bits per heavy atom. The summed E-state index contributed by atoms with van der Waals surface area (Å²) >= 11 is 0. The summed E-state index contributed by atoms with van der Waals surface area (Å²) in [4.78, 5) is 25.6. The van der Waals surface area contributed by atoms with Gasteiger partial charge in [0.15, 0.2) is 9.84 Å². The Morgan fingerprint density at radius 2 is 1.89 bits per heavy atom. The molecular weight excluding hydrogens is 380 g/mol. The van der Waals surface area contributed by atoms with Crippen molar-refractivity contribution in [3.63, 3.8) is 0 Å². The number of likely N-dealkylation sites (tertiary alicyclic amines) is 1. The Kier molecular flexibility index (Phi) is 5.05. The molecule has 9 nitrogen and oxygen atoms in total. The molecule has 2 saturated heterocycles. The molecule has 10 heteroatoms. The van der Waals surface area contributed by atoms with Crippen LogP contribution >= 0.6 is 0 Å². The minimum Gasteiger partial charge on any atom is -0.341 e. The van der Waals surface area contributed by atoms with Crippen molar-refractivity contribution < 1.29 is 13.2 Å². The molecule has 2 aromatic heterocycles. The molecule has 0 unspecified atom stereocenters. The number of rotatable bonds is 4. The second-order valence-corrected chi connectivity index (χ2v) is 9.41. The molecule has 0 aromatic carbocycles. The van der Waals surface area contributed by atoms with E-state index in [1.165, 1.54) is 12.5 Å². The van der Waals surface area contributed by atoms with Crippen molar-refractivity contribution in [1.29, 1.82) is 0 Å². The Labute approximate surface area is 164 Å². The zero-order valence-electron chi connectivity index (χ0n) is 15.8. The molecule has 4 rings (SSSR count). The largest absolute Gasteiger partial charge is 0.341 e. The van der Waals surface area contributed by atoms with Gasteiger partial charge in [-0.05, 0) is 31.7 Å². The highest BCUT2D eigenvalue weighted by Gasteiger charge is 2.30. The average Bonchev–Trinajstić information content (AvgIpc) is 3.40. The molecule has 1 amide bonds. The fourth-order valence-corrected chi connectivity index (χ4v) is 4.76. The number of carbonyl (C=O) groups excluding carboxylic acids is 1. The maximum atomic E-state index is 12.5. The number of amides is 1. The van der Waals surface area contributed by atoms with Gasteiger partial charge in [-0.25, -0.2) is 18.4 Å². The van der Waals surface area contributed by atoms with Crippen molar-refractivity contribution in [1.82, 2.24) is 25.1 Å². The number of H-pyrrole nitrogens is 1. The van der Waals surface area contributed by atoms with E-state index in [-0.39, 0.29) is 16.7 Å². The first-order chi connectivity index (χ1) is 13.4. The fourth-order valence-electron chi connectivity index (χ4n) is 3.92. The maximum Gasteiger partial charge on any atom is 0.271 e. The van der Waals surface area contributed by atoms with Crippen molar-refractivity contribution in [2.45, 2.75) is 36.5 Å². The second kappa shape index (κ2) is 7.50.